The Balaban J connectivity index is 2.62. The number of carbonyl (C=O) groups is 2. The fourth-order valence-electron chi connectivity index (χ4n) is 1.59. The molecule has 0 aromatic carbocycles. The third kappa shape index (κ3) is 4.75. The van der Waals surface area contributed by atoms with Crippen LogP contribution in [0.3, 0.4) is 0 Å². The summed E-state index contributed by atoms with van der Waals surface area (Å²) in [5.74, 6) is -0.581. The molecule has 0 spiro atoms. The molecule has 1 heterocycles. The second-order valence-corrected chi connectivity index (χ2v) is 4.48. The first-order chi connectivity index (χ1) is 9.43. The number of methoxy groups -OCH3 is 1. The van der Waals surface area contributed by atoms with Crippen LogP contribution in [0, 0.1) is 0 Å². The minimum absolute atomic E-state index is 0.196. The largest absolute Gasteiger partial charge is 0.481 e. The molecule has 0 saturated carbocycles. The Labute approximate surface area is 117 Å². The minimum Gasteiger partial charge on any atom is -0.481 e. The van der Waals surface area contributed by atoms with Gasteiger partial charge in [0.1, 0.15) is 6.54 Å². The SMILES string of the molecule is COc1cc(CNC(=O)N(CC(=O)O)C(C)C)ccn1. The Bertz CT molecular complexity index is 476. The van der Waals surface area contributed by atoms with Crippen molar-refractivity contribution < 1.29 is 19.4 Å². The van der Waals surface area contributed by atoms with Crippen LogP contribution < -0.4 is 10.1 Å². The number of hydrogen-bond acceptors (Lipinski definition) is 4. The van der Waals surface area contributed by atoms with Gasteiger partial charge in [-0.15, -0.1) is 0 Å². The molecule has 7 nitrogen and oxygen atoms in total. The van der Waals surface area contributed by atoms with Crippen molar-refractivity contribution in [3.05, 3.63) is 23.9 Å². The maximum absolute atomic E-state index is 12.0. The van der Waals surface area contributed by atoms with Crippen molar-refractivity contribution in [2.45, 2.75) is 26.4 Å². The van der Waals surface area contributed by atoms with Gasteiger partial charge in [-0.05, 0) is 25.5 Å². The average molecular weight is 281 g/mol. The average Bonchev–Trinajstić information content (AvgIpc) is 2.42. The van der Waals surface area contributed by atoms with Crippen LogP contribution in [0.2, 0.25) is 0 Å². The predicted octanol–water partition coefficient (Wildman–Crippen LogP) is 1.09. The van der Waals surface area contributed by atoms with Crippen molar-refractivity contribution in [3.63, 3.8) is 0 Å². The second kappa shape index (κ2) is 7.32. The Morgan fingerprint density at radius 3 is 2.75 bits per heavy atom. The lowest BCUT2D eigenvalue weighted by Crippen LogP contribution is -2.46. The molecule has 0 saturated heterocycles. The van der Waals surface area contributed by atoms with E-state index in [9.17, 15) is 9.59 Å². The molecular formula is C13H19N3O4. The summed E-state index contributed by atoms with van der Waals surface area (Å²) in [5.41, 5.74) is 0.823. The van der Waals surface area contributed by atoms with Crippen LogP contribution in [0.5, 0.6) is 5.88 Å². The first-order valence-corrected chi connectivity index (χ1v) is 6.19. The highest BCUT2D eigenvalue weighted by Crippen LogP contribution is 2.08. The summed E-state index contributed by atoms with van der Waals surface area (Å²) in [5, 5.41) is 11.5. The number of pyridine rings is 1. The van der Waals surface area contributed by atoms with Crippen molar-refractivity contribution in [3.8, 4) is 5.88 Å². The quantitative estimate of drug-likeness (QED) is 0.814. The maximum Gasteiger partial charge on any atom is 0.323 e. The number of nitrogens with one attached hydrogen (secondary N) is 1. The highest BCUT2D eigenvalue weighted by molar-refractivity contribution is 5.80. The van der Waals surface area contributed by atoms with E-state index >= 15 is 0 Å². The number of nitrogens with zero attached hydrogens (tertiary/aromatic N) is 2. The van der Waals surface area contributed by atoms with Gasteiger partial charge < -0.3 is 20.1 Å². The van der Waals surface area contributed by atoms with Gasteiger partial charge in [-0.1, -0.05) is 0 Å². The molecule has 2 N–H and O–H groups in total. The number of amides is 2. The zero-order valence-electron chi connectivity index (χ0n) is 11.8. The number of carboxylic acids is 1. The van der Waals surface area contributed by atoms with E-state index in [-0.39, 0.29) is 19.1 Å². The smallest absolute Gasteiger partial charge is 0.323 e. The molecular weight excluding hydrogens is 262 g/mol. The number of rotatable bonds is 6. The zero-order valence-corrected chi connectivity index (χ0v) is 11.8. The van der Waals surface area contributed by atoms with E-state index in [1.807, 2.05) is 0 Å². The molecule has 1 aromatic heterocycles. The molecule has 0 bridgehead atoms. The van der Waals surface area contributed by atoms with Crippen molar-refractivity contribution in [1.29, 1.82) is 0 Å². The van der Waals surface area contributed by atoms with Crippen molar-refractivity contribution in [1.82, 2.24) is 15.2 Å². The molecule has 1 aromatic rings. The number of carboxylic acid groups (broad SMARTS) is 1. The van der Waals surface area contributed by atoms with Crippen LogP contribution >= 0.6 is 0 Å². The van der Waals surface area contributed by atoms with Crippen LogP contribution in [0.4, 0.5) is 4.79 Å². The summed E-state index contributed by atoms with van der Waals surface area (Å²) in [6.45, 7) is 3.47. The summed E-state index contributed by atoms with van der Waals surface area (Å²) in [6, 6.07) is 2.84. The van der Waals surface area contributed by atoms with Gasteiger partial charge in [0.2, 0.25) is 5.88 Å². The highest BCUT2D eigenvalue weighted by Gasteiger charge is 2.19. The fraction of sp³-hybridized carbons (Fsp3) is 0.462. The van der Waals surface area contributed by atoms with Crippen molar-refractivity contribution in [2.75, 3.05) is 13.7 Å². The predicted molar refractivity (Wildman–Crippen MR) is 72.5 cm³/mol. The zero-order chi connectivity index (χ0) is 15.1. The van der Waals surface area contributed by atoms with Gasteiger partial charge in [0.15, 0.2) is 0 Å². The number of carbonyl (C=O) groups excluding carboxylic acids is 1. The molecule has 0 unspecified atom stereocenters. The Morgan fingerprint density at radius 2 is 2.20 bits per heavy atom. The molecule has 0 radical (unpaired) electrons. The van der Waals surface area contributed by atoms with E-state index in [2.05, 4.69) is 10.3 Å². The van der Waals surface area contributed by atoms with E-state index in [1.165, 1.54) is 12.0 Å². The third-order valence-corrected chi connectivity index (χ3v) is 2.64. The van der Waals surface area contributed by atoms with E-state index in [0.29, 0.717) is 5.88 Å². The van der Waals surface area contributed by atoms with Gasteiger partial charge in [-0.3, -0.25) is 4.79 Å². The molecule has 0 aliphatic carbocycles. The maximum atomic E-state index is 12.0. The van der Waals surface area contributed by atoms with E-state index < -0.39 is 12.0 Å². The second-order valence-electron chi connectivity index (χ2n) is 4.48. The Hall–Kier alpha value is -2.31. The van der Waals surface area contributed by atoms with Gasteiger partial charge in [0.25, 0.3) is 0 Å². The van der Waals surface area contributed by atoms with Gasteiger partial charge in [-0.25, -0.2) is 9.78 Å². The van der Waals surface area contributed by atoms with Gasteiger partial charge in [0, 0.05) is 24.8 Å². The lowest BCUT2D eigenvalue weighted by molar-refractivity contribution is -0.138. The van der Waals surface area contributed by atoms with Crippen LogP contribution in [0.25, 0.3) is 0 Å². The van der Waals surface area contributed by atoms with Crippen molar-refractivity contribution in [2.24, 2.45) is 0 Å². The fourth-order valence-corrected chi connectivity index (χ4v) is 1.59. The Kier molecular flexibility index (Phi) is 5.76. The summed E-state index contributed by atoms with van der Waals surface area (Å²) in [4.78, 5) is 27.9. The van der Waals surface area contributed by atoms with Crippen LogP contribution in [0.15, 0.2) is 18.3 Å². The van der Waals surface area contributed by atoms with Crippen LogP contribution in [-0.4, -0.2) is 46.7 Å². The number of aromatic nitrogens is 1. The van der Waals surface area contributed by atoms with Crippen LogP contribution in [-0.2, 0) is 11.3 Å². The number of urea groups is 1. The molecule has 0 atom stereocenters. The third-order valence-electron chi connectivity index (χ3n) is 2.64. The molecule has 0 fully saturated rings. The molecule has 1 rings (SSSR count). The van der Waals surface area contributed by atoms with E-state index in [1.54, 1.807) is 32.2 Å². The first-order valence-electron chi connectivity index (χ1n) is 6.19. The number of ether oxygens (including phenoxy) is 1. The summed E-state index contributed by atoms with van der Waals surface area (Å²) >= 11 is 0. The summed E-state index contributed by atoms with van der Waals surface area (Å²) < 4.78 is 4.99. The summed E-state index contributed by atoms with van der Waals surface area (Å²) in [6.07, 6.45) is 1.58. The van der Waals surface area contributed by atoms with E-state index in [0.717, 1.165) is 5.56 Å². The monoisotopic (exact) mass is 281 g/mol. The van der Waals surface area contributed by atoms with Gasteiger partial charge >= 0.3 is 12.0 Å². The molecule has 7 heteroatoms. The van der Waals surface area contributed by atoms with Crippen molar-refractivity contribution >= 4 is 12.0 Å². The topological polar surface area (TPSA) is 91.8 Å². The normalized spacial score (nSPS) is 10.2. The van der Waals surface area contributed by atoms with Crippen LogP contribution in [0.1, 0.15) is 19.4 Å². The molecule has 2 amide bonds. The molecule has 0 aliphatic heterocycles. The molecule has 20 heavy (non-hydrogen) atoms. The Morgan fingerprint density at radius 1 is 1.50 bits per heavy atom. The van der Waals surface area contributed by atoms with Gasteiger partial charge in [0.05, 0.1) is 7.11 Å². The van der Waals surface area contributed by atoms with E-state index in [4.69, 9.17) is 9.84 Å². The number of aliphatic carboxylic acids is 1. The molecule has 110 valence electrons. The standard InChI is InChI=1S/C13H19N3O4/c1-9(2)16(8-12(17)18)13(19)15-7-10-4-5-14-11(6-10)20-3/h4-6,9H,7-8H2,1-3H3,(H,15,19)(H,17,18). The molecule has 0 aliphatic rings. The lowest BCUT2D eigenvalue weighted by Gasteiger charge is -2.25. The minimum atomic E-state index is -1.04. The first kappa shape index (κ1) is 15.7. The van der Waals surface area contributed by atoms with Gasteiger partial charge in [-0.2, -0.15) is 0 Å². The number of hydrogen-bond donors (Lipinski definition) is 2. The highest BCUT2D eigenvalue weighted by atomic mass is 16.5. The summed E-state index contributed by atoms with van der Waals surface area (Å²) in [7, 11) is 1.51. The lowest BCUT2D eigenvalue weighted by atomic mass is 10.2.